The van der Waals surface area contributed by atoms with Gasteiger partial charge in [-0.1, -0.05) is 6.58 Å². The lowest BCUT2D eigenvalue weighted by Crippen LogP contribution is -2.53. The summed E-state index contributed by atoms with van der Waals surface area (Å²) in [6, 6.07) is 0. The van der Waals surface area contributed by atoms with E-state index in [0.717, 1.165) is 36.1 Å². The molecule has 1 saturated heterocycles. The fraction of sp³-hybridized carbons (Fsp3) is 0.667. The van der Waals surface area contributed by atoms with Crippen molar-refractivity contribution in [3.63, 3.8) is 0 Å². The average Bonchev–Trinajstić information content (AvgIpc) is 2.04. The number of carbonyl (C=O) groups excluding carboxylic acids is 1. The second-order valence-electron chi connectivity index (χ2n) is 3.77. The van der Waals surface area contributed by atoms with E-state index < -0.39 is 0 Å². The van der Waals surface area contributed by atoms with Gasteiger partial charge in [-0.15, -0.1) is 0 Å². The number of hydrogen-bond donors (Lipinski definition) is 1. The molecule has 1 unspecified atom stereocenters. The highest BCUT2D eigenvalue weighted by molar-refractivity contribution is 6.16. The molecule has 3 nitrogen and oxygen atoms in total. The van der Waals surface area contributed by atoms with Crippen LogP contribution >= 0.6 is 0 Å². The van der Waals surface area contributed by atoms with Gasteiger partial charge in [0.1, 0.15) is 5.35 Å². The first-order chi connectivity index (χ1) is 6.03. The quantitative estimate of drug-likeness (QED) is 0.498. The van der Waals surface area contributed by atoms with Crippen LogP contribution in [-0.4, -0.2) is 28.1 Å². The summed E-state index contributed by atoms with van der Waals surface area (Å²) in [7, 11) is 0.828. The van der Waals surface area contributed by atoms with Crippen LogP contribution in [0.4, 0.5) is 0 Å². The van der Waals surface area contributed by atoms with Gasteiger partial charge >= 0.3 is 0 Å². The van der Waals surface area contributed by atoms with E-state index in [4.69, 9.17) is 4.74 Å². The van der Waals surface area contributed by atoms with Crippen LogP contribution in [0.5, 0.6) is 0 Å². The second-order valence-corrected chi connectivity index (χ2v) is 5.39. The summed E-state index contributed by atoms with van der Waals surface area (Å²) in [4.78, 5) is 11.3. The lowest BCUT2D eigenvalue weighted by molar-refractivity contribution is -0.126. The number of amides is 1. The molecular formula is C9H17NO2Si. The molecule has 4 heteroatoms. The van der Waals surface area contributed by atoms with Crippen molar-refractivity contribution >= 4 is 16.1 Å². The highest BCUT2D eigenvalue weighted by Crippen LogP contribution is 2.19. The molecule has 1 aliphatic heterocycles. The minimum absolute atomic E-state index is 0.0862. The third-order valence-corrected chi connectivity index (χ3v) is 3.27. The van der Waals surface area contributed by atoms with Crippen molar-refractivity contribution in [3.8, 4) is 0 Å². The summed E-state index contributed by atoms with van der Waals surface area (Å²) in [5, 5.41) is 2.56. The number of rotatable bonds is 2. The molecule has 1 rings (SSSR count). The smallest absolute Gasteiger partial charge is 0.248 e. The third kappa shape index (κ3) is 2.97. The van der Waals surface area contributed by atoms with Gasteiger partial charge in [0.2, 0.25) is 5.91 Å². The largest absolute Gasteiger partial charge is 0.360 e. The van der Waals surface area contributed by atoms with Crippen molar-refractivity contribution in [1.82, 2.24) is 5.32 Å². The summed E-state index contributed by atoms with van der Waals surface area (Å²) < 4.78 is 5.57. The summed E-state index contributed by atoms with van der Waals surface area (Å²) in [6.45, 7) is 6.07. The summed E-state index contributed by atoms with van der Waals surface area (Å²) in [6.07, 6.45) is 3.19. The van der Waals surface area contributed by atoms with Crippen LogP contribution in [0.15, 0.2) is 12.2 Å². The van der Waals surface area contributed by atoms with Gasteiger partial charge in [0.25, 0.3) is 0 Å². The van der Waals surface area contributed by atoms with Crippen LogP contribution in [0.3, 0.4) is 0 Å². The van der Waals surface area contributed by atoms with Crippen molar-refractivity contribution in [2.24, 2.45) is 0 Å². The fourth-order valence-corrected chi connectivity index (χ4v) is 2.16. The fourth-order valence-electron chi connectivity index (χ4n) is 1.38. The van der Waals surface area contributed by atoms with Crippen LogP contribution in [-0.2, 0) is 9.53 Å². The van der Waals surface area contributed by atoms with E-state index in [2.05, 4.69) is 11.9 Å². The Morgan fingerprint density at radius 1 is 1.62 bits per heavy atom. The maximum atomic E-state index is 11.3. The molecule has 0 spiro atoms. The monoisotopic (exact) mass is 199 g/mol. The van der Waals surface area contributed by atoms with Crippen molar-refractivity contribution in [1.29, 1.82) is 0 Å². The van der Waals surface area contributed by atoms with Gasteiger partial charge in [0.05, 0.1) is 10.2 Å². The zero-order chi connectivity index (χ0) is 9.90. The Balaban J connectivity index is 2.50. The lowest BCUT2D eigenvalue weighted by Gasteiger charge is -2.34. The van der Waals surface area contributed by atoms with Crippen LogP contribution in [0, 0.1) is 0 Å². The molecule has 1 fully saturated rings. The summed E-state index contributed by atoms with van der Waals surface area (Å²) >= 11 is 0. The van der Waals surface area contributed by atoms with Gasteiger partial charge in [0.15, 0.2) is 0 Å². The Morgan fingerprint density at radius 3 is 2.77 bits per heavy atom. The van der Waals surface area contributed by atoms with Crippen LogP contribution < -0.4 is 5.32 Å². The Hall–Kier alpha value is -0.613. The molecule has 1 heterocycles. The second kappa shape index (κ2) is 4.06. The first-order valence-electron chi connectivity index (χ1n) is 4.65. The highest BCUT2D eigenvalue weighted by Gasteiger charge is 2.28. The molecule has 0 aromatic carbocycles. The van der Waals surface area contributed by atoms with Crippen molar-refractivity contribution < 1.29 is 9.53 Å². The van der Waals surface area contributed by atoms with Gasteiger partial charge in [-0.2, -0.15) is 0 Å². The Morgan fingerprint density at radius 2 is 2.31 bits per heavy atom. The Kier molecular flexibility index (Phi) is 3.27. The molecule has 74 valence electrons. The van der Waals surface area contributed by atoms with E-state index in [1.165, 1.54) is 0 Å². The van der Waals surface area contributed by atoms with E-state index in [1.807, 2.05) is 0 Å². The van der Waals surface area contributed by atoms with Gasteiger partial charge in [0, 0.05) is 12.2 Å². The lowest BCUT2D eigenvalue weighted by atomic mass is 10.1. The number of hydrogen-bond acceptors (Lipinski definition) is 2. The molecule has 1 amide bonds. The molecule has 1 N–H and O–H groups in total. The topological polar surface area (TPSA) is 38.3 Å². The SMILES string of the molecule is C=C(C)C(=O)NC1([SiH3])CCCCO1. The zero-order valence-corrected chi connectivity index (χ0v) is 10.4. The van der Waals surface area contributed by atoms with Crippen molar-refractivity contribution in [2.45, 2.75) is 31.5 Å². The normalized spacial score (nSPS) is 28.4. The van der Waals surface area contributed by atoms with Gasteiger partial charge < -0.3 is 10.1 Å². The van der Waals surface area contributed by atoms with Crippen LogP contribution in [0.1, 0.15) is 26.2 Å². The predicted octanol–water partition coefficient (Wildman–Crippen LogP) is -0.102. The standard InChI is InChI=1S/C9H17NO2Si/c1-7(2)8(11)10-9(13)5-3-4-6-12-9/h1,3-6H2,2,13H3,(H,10,11). The highest BCUT2D eigenvalue weighted by atomic mass is 28.1. The first kappa shape index (κ1) is 10.5. The van der Waals surface area contributed by atoms with Gasteiger partial charge in [-0.05, 0) is 26.2 Å². The Bertz CT molecular complexity index is 222. The number of ether oxygens (including phenoxy) is 1. The average molecular weight is 199 g/mol. The number of nitrogens with one attached hydrogen (secondary N) is 1. The molecule has 0 bridgehead atoms. The third-order valence-electron chi connectivity index (χ3n) is 2.23. The number of carbonyl (C=O) groups is 1. The van der Waals surface area contributed by atoms with Gasteiger partial charge in [-0.3, -0.25) is 4.79 Å². The molecule has 1 atom stereocenters. The maximum Gasteiger partial charge on any atom is 0.248 e. The molecule has 1 aliphatic rings. The minimum atomic E-state index is -0.339. The minimum Gasteiger partial charge on any atom is -0.360 e. The Labute approximate surface area is 82.0 Å². The predicted molar refractivity (Wildman–Crippen MR) is 55.4 cm³/mol. The van der Waals surface area contributed by atoms with E-state index >= 15 is 0 Å². The van der Waals surface area contributed by atoms with Gasteiger partial charge in [-0.25, -0.2) is 0 Å². The molecule has 0 saturated carbocycles. The molecular weight excluding hydrogens is 182 g/mol. The van der Waals surface area contributed by atoms with Crippen molar-refractivity contribution in [2.75, 3.05) is 6.61 Å². The molecule has 0 radical (unpaired) electrons. The van der Waals surface area contributed by atoms with E-state index in [1.54, 1.807) is 6.92 Å². The van der Waals surface area contributed by atoms with E-state index in [9.17, 15) is 4.79 Å². The summed E-state index contributed by atoms with van der Waals surface area (Å²) in [5.41, 5.74) is 0.546. The maximum absolute atomic E-state index is 11.3. The molecule has 13 heavy (non-hydrogen) atoms. The molecule has 0 aliphatic carbocycles. The van der Waals surface area contributed by atoms with Crippen molar-refractivity contribution in [3.05, 3.63) is 12.2 Å². The zero-order valence-electron chi connectivity index (χ0n) is 8.35. The van der Waals surface area contributed by atoms with Crippen LogP contribution in [0.2, 0.25) is 0 Å². The van der Waals surface area contributed by atoms with E-state index in [-0.39, 0.29) is 11.3 Å². The molecule has 0 aromatic rings. The van der Waals surface area contributed by atoms with E-state index in [0.29, 0.717) is 5.57 Å². The van der Waals surface area contributed by atoms with Crippen LogP contribution in [0.25, 0.3) is 0 Å². The summed E-state index contributed by atoms with van der Waals surface area (Å²) in [5.74, 6) is -0.0862. The molecule has 0 aromatic heterocycles. The first-order valence-corrected chi connectivity index (χ1v) is 5.65.